The SMILES string of the molecule is CC(C)CCC[C@@H](C)CCC[C@@H](C)CCC[C@@H](C)CCOC[C@@H](CO)OCCC(C)(O)CCC[C@H](C)CCC[C@H](C)CCCC(C)C. The van der Waals surface area contributed by atoms with Crippen LogP contribution in [0.15, 0.2) is 0 Å². The van der Waals surface area contributed by atoms with Gasteiger partial charge in [-0.05, 0) is 67.6 Å². The van der Waals surface area contributed by atoms with Gasteiger partial charge in [-0.2, -0.15) is 0 Å². The molecule has 284 valence electrons. The van der Waals surface area contributed by atoms with Gasteiger partial charge < -0.3 is 19.7 Å². The van der Waals surface area contributed by atoms with E-state index in [9.17, 15) is 10.2 Å². The van der Waals surface area contributed by atoms with Crippen LogP contribution in [0, 0.1) is 41.4 Å². The summed E-state index contributed by atoms with van der Waals surface area (Å²) >= 11 is 0. The molecule has 0 aliphatic heterocycles. The van der Waals surface area contributed by atoms with Gasteiger partial charge in [0.25, 0.3) is 0 Å². The highest BCUT2D eigenvalue weighted by Gasteiger charge is 2.21. The summed E-state index contributed by atoms with van der Waals surface area (Å²) in [5.74, 6) is 5.62. The molecule has 0 aliphatic carbocycles. The van der Waals surface area contributed by atoms with E-state index in [0.717, 1.165) is 61.4 Å². The maximum absolute atomic E-state index is 10.9. The lowest BCUT2D eigenvalue weighted by atomic mass is 9.89. The number of aliphatic hydroxyl groups excluding tert-OH is 1. The molecule has 0 heterocycles. The van der Waals surface area contributed by atoms with Gasteiger partial charge in [-0.25, -0.2) is 0 Å². The van der Waals surface area contributed by atoms with Crippen molar-refractivity contribution in [2.45, 2.75) is 209 Å². The minimum absolute atomic E-state index is 0.0415. The van der Waals surface area contributed by atoms with E-state index >= 15 is 0 Å². The third kappa shape index (κ3) is 31.6. The molecule has 0 aromatic rings. The van der Waals surface area contributed by atoms with E-state index in [-0.39, 0.29) is 12.7 Å². The lowest BCUT2D eigenvalue weighted by Gasteiger charge is -2.25. The van der Waals surface area contributed by atoms with Crippen LogP contribution in [-0.4, -0.2) is 48.3 Å². The van der Waals surface area contributed by atoms with Crippen LogP contribution in [0.4, 0.5) is 0 Å². The van der Waals surface area contributed by atoms with Crippen LogP contribution in [0.25, 0.3) is 0 Å². The molecule has 2 N–H and O–H groups in total. The van der Waals surface area contributed by atoms with Gasteiger partial charge in [0.15, 0.2) is 0 Å². The zero-order valence-electron chi connectivity index (χ0n) is 33.8. The average Bonchev–Trinajstić information content (AvgIpc) is 2.97. The van der Waals surface area contributed by atoms with E-state index in [2.05, 4.69) is 62.3 Å². The maximum atomic E-state index is 10.9. The number of hydrogen-bond donors (Lipinski definition) is 2. The Kier molecular flexibility index (Phi) is 29.5. The van der Waals surface area contributed by atoms with Crippen LogP contribution in [0.2, 0.25) is 0 Å². The zero-order valence-corrected chi connectivity index (χ0v) is 33.8. The van der Waals surface area contributed by atoms with Gasteiger partial charge in [0.05, 0.1) is 18.8 Å². The van der Waals surface area contributed by atoms with Gasteiger partial charge in [0.2, 0.25) is 0 Å². The molecule has 1 unspecified atom stereocenters. The van der Waals surface area contributed by atoms with E-state index in [1.165, 1.54) is 103 Å². The van der Waals surface area contributed by atoms with Gasteiger partial charge >= 0.3 is 0 Å². The molecule has 0 saturated heterocycles. The molecular formula is C43H88O4. The first-order valence-corrected chi connectivity index (χ1v) is 20.8. The minimum Gasteiger partial charge on any atom is -0.394 e. The van der Waals surface area contributed by atoms with E-state index < -0.39 is 5.60 Å². The van der Waals surface area contributed by atoms with Crippen molar-refractivity contribution in [1.29, 1.82) is 0 Å². The Bertz CT molecular complexity index is 662. The molecule has 7 atom stereocenters. The second-order valence-electron chi connectivity index (χ2n) is 17.6. The maximum Gasteiger partial charge on any atom is 0.104 e. The fourth-order valence-electron chi connectivity index (χ4n) is 6.97. The number of rotatable bonds is 34. The summed E-state index contributed by atoms with van der Waals surface area (Å²) in [5.41, 5.74) is -0.718. The Hall–Kier alpha value is -0.160. The fraction of sp³-hybridized carbons (Fsp3) is 1.00. The highest BCUT2D eigenvalue weighted by atomic mass is 16.5. The lowest BCUT2D eigenvalue weighted by Crippen LogP contribution is -2.30. The Balaban J connectivity index is 3.89. The smallest absolute Gasteiger partial charge is 0.104 e. The van der Waals surface area contributed by atoms with Gasteiger partial charge in [-0.15, -0.1) is 0 Å². The van der Waals surface area contributed by atoms with Crippen molar-refractivity contribution < 1.29 is 19.7 Å². The van der Waals surface area contributed by atoms with Crippen molar-refractivity contribution in [2.75, 3.05) is 26.4 Å². The van der Waals surface area contributed by atoms with Gasteiger partial charge in [-0.1, -0.05) is 171 Å². The highest BCUT2D eigenvalue weighted by molar-refractivity contribution is 4.73. The predicted molar refractivity (Wildman–Crippen MR) is 206 cm³/mol. The van der Waals surface area contributed by atoms with E-state index in [1.54, 1.807) is 0 Å². The third-order valence-corrected chi connectivity index (χ3v) is 10.8. The van der Waals surface area contributed by atoms with Crippen LogP contribution < -0.4 is 0 Å². The normalized spacial score (nSPS) is 17.5. The summed E-state index contributed by atoms with van der Waals surface area (Å²) in [4.78, 5) is 0. The summed E-state index contributed by atoms with van der Waals surface area (Å²) in [5, 5.41) is 20.7. The summed E-state index contributed by atoms with van der Waals surface area (Å²) in [6.45, 7) is 24.8. The average molecular weight is 669 g/mol. The first-order valence-electron chi connectivity index (χ1n) is 20.8. The van der Waals surface area contributed by atoms with Crippen molar-refractivity contribution in [3.8, 4) is 0 Å². The van der Waals surface area contributed by atoms with Crippen molar-refractivity contribution in [1.82, 2.24) is 0 Å². The Morgan fingerprint density at radius 3 is 1.21 bits per heavy atom. The first kappa shape index (κ1) is 46.8. The molecule has 0 saturated carbocycles. The molecule has 4 nitrogen and oxygen atoms in total. The number of hydrogen-bond acceptors (Lipinski definition) is 4. The standard InChI is InChI=1S/C43H88O4/c1-35(2)17-11-19-37(5)21-13-23-39(7)24-15-26-41(9)28-31-46-34-42(33-44)47-32-30-43(10,45)29-16-27-40(8)25-14-22-38(6)20-12-18-36(3)4/h35-42,44-45H,11-34H2,1-10H3/t37-,38-,39-,40-,41-,42-,43?/m1/s1. The molecule has 0 rings (SSSR count). The molecular weight excluding hydrogens is 580 g/mol. The third-order valence-electron chi connectivity index (χ3n) is 10.8. The molecule has 0 amide bonds. The van der Waals surface area contributed by atoms with E-state index in [0.29, 0.717) is 25.6 Å². The van der Waals surface area contributed by atoms with Crippen LogP contribution in [0.1, 0.15) is 198 Å². The Morgan fingerprint density at radius 2 is 0.830 bits per heavy atom. The van der Waals surface area contributed by atoms with Crippen molar-refractivity contribution in [2.24, 2.45) is 41.4 Å². The molecule has 4 heteroatoms. The first-order chi connectivity index (χ1) is 22.2. The minimum atomic E-state index is -0.718. The second-order valence-corrected chi connectivity index (χ2v) is 17.6. The van der Waals surface area contributed by atoms with Gasteiger partial charge in [0, 0.05) is 13.2 Å². The molecule has 0 aromatic heterocycles. The van der Waals surface area contributed by atoms with Gasteiger partial charge in [-0.3, -0.25) is 0 Å². The fourth-order valence-corrected chi connectivity index (χ4v) is 6.97. The van der Waals surface area contributed by atoms with Crippen LogP contribution in [-0.2, 0) is 9.47 Å². The van der Waals surface area contributed by atoms with Crippen molar-refractivity contribution in [3.05, 3.63) is 0 Å². The summed E-state index contributed by atoms with van der Waals surface area (Å²) in [6.07, 6.45) is 24.7. The zero-order chi connectivity index (χ0) is 35.5. The predicted octanol–water partition coefficient (Wildman–Crippen LogP) is 12.4. The van der Waals surface area contributed by atoms with Crippen molar-refractivity contribution in [3.63, 3.8) is 0 Å². The summed E-state index contributed by atoms with van der Waals surface area (Å²) in [6, 6.07) is 0. The molecule has 0 spiro atoms. The Labute approximate surface area is 296 Å². The topological polar surface area (TPSA) is 58.9 Å². The highest BCUT2D eigenvalue weighted by Crippen LogP contribution is 2.25. The molecule has 0 radical (unpaired) electrons. The molecule has 0 aliphatic rings. The van der Waals surface area contributed by atoms with Crippen molar-refractivity contribution >= 4 is 0 Å². The van der Waals surface area contributed by atoms with E-state index in [4.69, 9.17) is 9.47 Å². The van der Waals surface area contributed by atoms with Gasteiger partial charge in [0.1, 0.15) is 6.10 Å². The molecule has 0 fully saturated rings. The summed E-state index contributed by atoms with van der Waals surface area (Å²) < 4.78 is 11.8. The van der Waals surface area contributed by atoms with E-state index in [1.807, 2.05) is 6.92 Å². The number of ether oxygens (including phenoxy) is 2. The van der Waals surface area contributed by atoms with Crippen LogP contribution in [0.5, 0.6) is 0 Å². The number of aliphatic hydroxyl groups is 2. The molecule has 0 bridgehead atoms. The van der Waals surface area contributed by atoms with Crippen LogP contribution >= 0.6 is 0 Å². The van der Waals surface area contributed by atoms with Crippen LogP contribution in [0.3, 0.4) is 0 Å². The lowest BCUT2D eigenvalue weighted by molar-refractivity contribution is -0.0644. The largest absolute Gasteiger partial charge is 0.394 e. The molecule has 0 aromatic carbocycles. The quantitative estimate of drug-likeness (QED) is 0.0670. The molecule has 47 heavy (non-hydrogen) atoms. The summed E-state index contributed by atoms with van der Waals surface area (Å²) in [7, 11) is 0. The monoisotopic (exact) mass is 669 g/mol. The second kappa shape index (κ2) is 29.6. The Morgan fingerprint density at radius 1 is 0.468 bits per heavy atom.